The minimum atomic E-state index is -2.36. The van der Waals surface area contributed by atoms with Crippen LogP contribution in [0, 0.1) is 23.1 Å². The first-order valence-corrected chi connectivity index (χ1v) is 25.7. The molecule has 66 heavy (non-hydrogen) atoms. The number of pyridine rings is 1. The van der Waals surface area contributed by atoms with Gasteiger partial charge in [0.2, 0.25) is 5.88 Å². The zero-order chi connectivity index (χ0) is 47.5. The minimum Gasteiger partial charge on any atom is -0.480 e. The third kappa shape index (κ3) is 8.64. The van der Waals surface area contributed by atoms with Crippen LogP contribution in [0.2, 0.25) is 16.6 Å². The van der Waals surface area contributed by atoms with Gasteiger partial charge in [-0.2, -0.15) is 9.97 Å². The van der Waals surface area contributed by atoms with Crippen molar-refractivity contribution in [3.05, 3.63) is 41.5 Å². The van der Waals surface area contributed by atoms with Crippen molar-refractivity contribution >= 4 is 41.7 Å². The number of halogens is 3. The van der Waals surface area contributed by atoms with Gasteiger partial charge in [0.15, 0.2) is 12.6 Å². The van der Waals surface area contributed by atoms with Crippen molar-refractivity contribution in [3.63, 3.8) is 0 Å². The molecule has 1 amide bonds. The van der Waals surface area contributed by atoms with Gasteiger partial charge in [-0.25, -0.2) is 22.9 Å². The van der Waals surface area contributed by atoms with E-state index in [1.54, 1.807) is 18.2 Å². The number of fused-ring (bicyclic) bond motifs is 5. The van der Waals surface area contributed by atoms with E-state index in [4.69, 9.17) is 38.6 Å². The van der Waals surface area contributed by atoms with Crippen LogP contribution in [-0.2, 0) is 9.47 Å². The number of nitrogens with zero attached hydrogens (tertiary/aromatic N) is 6. The fourth-order valence-electron chi connectivity index (χ4n) is 11.6. The number of methoxy groups -OCH3 is 2. The standard InChI is InChI=1S/C50H65F3N6O6Si/c1-29(2)66(30(3)4,31(5)6)20-17-37-39(52)16-13-32-21-36(64-28-61-10)22-38(40(32)37)43-42(53)44-41(46(54-43)62-11)45(56-47(55-44)63-27-50-18-12-19-58(50)24-33(51)23-50)57-25-34-14-15-35(26-57)59(34)48(60)65-49(7,8)9/h13,16,21-22,29-31,33-35H,12,14-15,18-19,23-28H2,1-11H3/t33-,34-,35+,50+/m1/s1. The van der Waals surface area contributed by atoms with Crippen LogP contribution in [0.15, 0.2) is 24.3 Å². The molecule has 0 radical (unpaired) electrons. The summed E-state index contributed by atoms with van der Waals surface area (Å²) in [7, 11) is 0.588. The quantitative estimate of drug-likeness (QED) is 0.0769. The average Bonchev–Trinajstić information content (AvgIpc) is 3.88. The van der Waals surface area contributed by atoms with Crippen molar-refractivity contribution in [2.24, 2.45) is 0 Å². The number of piperazine rings is 1. The van der Waals surface area contributed by atoms with E-state index in [2.05, 4.69) is 57.9 Å². The van der Waals surface area contributed by atoms with Gasteiger partial charge in [0.25, 0.3) is 0 Å². The normalized spacial score (nSPS) is 22.2. The molecule has 6 heterocycles. The van der Waals surface area contributed by atoms with Gasteiger partial charge < -0.3 is 28.6 Å². The highest BCUT2D eigenvalue weighted by atomic mass is 28.3. The summed E-state index contributed by atoms with van der Waals surface area (Å²) >= 11 is 0. The number of amides is 1. The number of carbonyl (C=O) groups excluding carboxylic acids is 1. The monoisotopic (exact) mass is 930 g/mol. The molecule has 0 saturated carbocycles. The second-order valence-electron chi connectivity index (χ2n) is 20.6. The summed E-state index contributed by atoms with van der Waals surface area (Å²) in [6, 6.07) is 5.88. The van der Waals surface area contributed by atoms with Crippen LogP contribution >= 0.6 is 0 Å². The lowest BCUT2D eigenvalue weighted by molar-refractivity contribution is 0.0122. The third-order valence-electron chi connectivity index (χ3n) is 14.4. The highest BCUT2D eigenvalue weighted by molar-refractivity contribution is 6.90. The highest BCUT2D eigenvalue weighted by Gasteiger charge is 2.50. The molecule has 4 saturated heterocycles. The van der Waals surface area contributed by atoms with Crippen molar-refractivity contribution in [1.29, 1.82) is 0 Å². The van der Waals surface area contributed by atoms with E-state index in [9.17, 15) is 9.18 Å². The second kappa shape index (κ2) is 18.3. The number of ether oxygens (including phenoxy) is 5. The van der Waals surface area contributed by atoms with Gasteiger partial charge in [-0.1, -0.05) is 53.5 Å². The average molecular weight is 931 g/mol. The van der Waals surface area contributed by atoms with E-state index < -0.39 is 37.0 Å². The summed E-state index contributed by atoms with van der Waals surface area (Å²) in [5.74, 6) is 2.68. The van der Waals surface area contributed by atoms with E-state index >= 15 is 8.78 Å². The van der Waals surface area contributed by atoms with Crippen LogP contribution in [-0.4, -0.2) is 122 Å². The van der Waals surface area contributed by atoms with Gasteiger partial charge in [0, 0.05) is 44.1 Å². The number of carbonyl (C=O) groups is 1. The summed E-state index contributed by atoms with van der Waals surface area (Å²) in [5, 5.41) is 1.14. The maximum Gasteiger partial charge on any atom is 0.410 e. The van der Waals surface area contributed by atoms with E-state index in [1.807, 2.05) is 30.6 Å². The Balaban J connectivity index is 1.33. The molecular weight excluding hydrogens is 866 g/mol. The summed E-state index contributed by atoms with van der Waals surface area (Å²) < 4.78 is 79.1. The Morgan fingerprint density at radius 3 is 2.27 bits per heavy atom. The molecule has 4 atom stereocenters. The summed E-state index contributed by atoms with van der Waals surface area (Å²) in [5.41, 5.74) is 3.38. The lowest BCUT2D eigenvalue weighted by Gasteiger charge is -2.42. The molecular formula is C50H65F3N6O6Si. The smallest absolute Gasteiger partial charge is 0.410 e. The molecule has 4 aromatic rings. The molecule has 0 spiro atoms. The molecule has 2 aromatic carbocycles. The Hall–Kier alpha value is -4.85. The SMILES string of the molecule is COCOc1cc(-c2nc(OC)c3c(N4C[C@H]5CC[C@@H](C4)N5C(=O)OC(C)(C)C)nc(OC[C@@]45CCCN4C[C@H](F)C5)nc3c2F)c2c(C#C[Si](C(C)C)(C(C)C)C(C)C)c(F)ccc2c1. The molecule has 4 aliphatic rings. The Morgan fingerprint density at radius 2 is 1.64 bits per heavy atom. The summed E-state index contributed by atoms with van der Waals surface area (Å²) in [4.78, 5) is 34.1. The summed E-state index contributed by atoms with van der Waals surface area (Å²) in [6.07, 6.45) is 2.13. The third-order valence-corrected chi connectivity index (χ3v) is 20.7. The molecule has 16 heteroatoms. The molecule has 0 N–H and O–H groups in total. The van der Waals surface area contributed by atoms with Gasteiger partial charge in [-0.15, -0.1) is 5.54 Å². The van der Waals surface area contributed by atoms with Crippen LogP contribution in [0.4, 0.5) is 23.8 Å². The molecule has 4 aliphatic heterocycles. The van der Waals surface area contributed by atoms with Crippen molar-refractivity contribution in [1.82, 2.24) is 24.8 Å². The summed E-state index contributed by atoms with van der Waals surface area (Å²) in [6.45, 7) is 20.6. The van der Waals surface area contributed by atoms with Gasteiger partial charge in [-0.05, 0) is 93.2 Å². The topological polar surface area (TPSA) is 112 Å². The zero-order valence-electron chi connectivity index (χ0n) is 40.3. The first-order valence-electron chi connectivity index (χ1n) is 23.5. The van der Waals surface area contributed by atoms with Crippen LogP contribution < -0.4 is 19.1 Å². The number of benzene rings is 2. The van der Waals surface area contributed by atoms with Gasteiger partial charge in [0.1, 0.15) is 60.4 Å². The maximum absolute atomic E-state index is 18.1. The van der Waals surface area contributed by atoms with Gasteiger partial charge >= 0.3 is 12.1 Å². The molecule has 4 fully saturated rings. The number of alkyl halides is 1. The molecule has 2 bridgehead atoms. The molecule has 0 unspecified atom stereocenters. The first kappa shape index (κ1) is 47.6. The van der Waals surface area contributed by atoms with E-state index in [-0.39, 0.29) is 87.8 Å². The number of aromatic nitrogens is 3. The van der Waals surface area contributed by atoms with Crippen LogP contribution in [0.25, 0.3) is 32.9 Å². The fourth-order valence-corrected chi connectivity index (χ4v) is 16.8. The first-order chi connectivity index (χ1) is 31.3. The lowest BCUT2D eigenvalue weighted by atomic mass is 9.95. The Bertz CT molecular complexity index is 2530. The maximum atomic E-state index is 18.1. The molecule has 2 aromatic heterocycles. The van der Waals surface area contributed by atoms with Crippen LogP contribution in [0.1, 0.15) is 100.0 Å². The lowest BCUT2D eigenvalue weighted by Crippen LogP contribution is -2.57. The van der Waals surface area contributed by atoms with E-state index in [1.165, 1.54) is 20.3 Å². The largest absolute Gasteiger partial charge is 0.480 e. The van der Waals surface area contributed by atoms with Crippen molar-refractivity contribution < 1.29 is 41.7 Å². The van der Waals surface area contributed by atoms with Crippen molar-refractivity contribution in [3.8, 4) is 40.4 Å². The number of rotatable bonds is 12. The van der Waals surface area contributed by atoms with E-state index in [0.717, 1.165) is 32.2 Å². The number of hydrogen-bond donors (Lipinski definition) is 0. The second-order valence-corrected chi connectivity index (χ2v) is 26.1. The van der Waals surface area contributed by atoms with Gasteiger partial charge in [0.05, 0.1) is 30.3 Å². The van der Waals surface area contributed by atoms with E-state index in [0.29, 0.717) is 48.4 Å². The Labute approximate surface area is 387 Å². The van der Waals surface area contributed by atoms with Crippen LogP contribution in [0.5, 0.6) is 17.6 Å². The highest BCUT2D eigenvalue weighted by Crippen LogP contribution is 2.46. The predicted molar refractivity (Wildman–Crippen MR) is 253 cm³/mol. The van der Waals surface area contributed by atoms with Crippen LogP contribution in [0.3, 0.4) is 0 Å². The minimum absolute atomic E-state index is 0.0349. The molecule has 8 rings (SSSR count). The Kier molecular flexibility index (Phi) is 13.2. The van der Waals surface area contributed by atoms with Gasteiger partial charge in [-0.3, -0.25) is 9.80 Å². The molecule has 0 aliphatic carbocycles. The van der Waals surface area contributed by atoms with Crippen molar-refractivity contribution in [2.75, 3.05) is 58.7 Å². The van der Waals surface area contributed by atoms with Crippen molar-refractivity contribution in [2.45, 2.75) is 140 Å². The fraction of sp³-hybridized carbons (Fsp3) is 0.600. The Morgan fingerprint density at radius 1 is 0.939 bits per heavy atom. The zero-order valence-corrected chi connectivity index (χ0v) is 41.3. The number of hydrogen-bond acceptors (Lipinski definition) is 11. The predicted octanol–water partition coefficient (Wildman–Crippen LogP) is 10.2. The molecule has 12 nitrogen and oxygen atoms in total. The number of anilines is 1. The molecule has 356 valence electrons.